The van der Waals surface area contributed by atoms with Gasteiger partial charge in [0.1, 0.15) is 17.5 Å². The maximum absolute atomic E-state index is 13.3. The molecule has 0 atom stereocenters. The van der Waals surface area contributed by atoms with Crippen molar-refractivity contribution in [1.82, 2.24) is 10.4 Å². The van der Waals surface area contributed by atoms with E-state index in [1.165, 1.54) is 30.5 Å². The fraction of sp³-hybridized carbons (Fsp3) is 0. The molecule has 10 nitrogen and oxygen atoms in total. The van der Waals surface area contributed by atoms with Crippen molar-refractivity contribution in [2.75, 3.05) is 0 Å². The summed E-state index contributed by atoms with van der Waals surface area (Å²) in [4.78, 5) is 39.3. The maximum atomic E-state index is 13.3. The molecule has 0 aliphatic rings. The van der Waals surface area contributed by atoms with Crippen LogP contribution in [0.25, 0.3) is 22.0 Å². The highest BCUT2D eigenvalue weighted by Gasteiger charge is 2.22. The summed E-state index contributed by atoms with van der Waals surface area (Å²) in [6.45, 7) is 0. The van der Waals surface area contributed by atoms with Crippen molar-refractivity contribution < 1.29 is 19.2 Å². The number of nitriles is 1. The molecule has 41 heavy (non-hydrogen) atoms. The molecule has 0 aliphatic carbocycles. The van der Waals surface area contributed by atoms with Crippen molar-refractivity contribution in [3.63, 3.8) is 0 Å². The third-order valence-corrected chi connectivity index (χ3v) is 6.46. The summed E-state index contributed by atoms with van der Waals surface area (Å²) < 4.78 is 5.47. The number of fused-ring (bicyclic) bond motifs is 1. The number of hydrazone groups is 1. The van der Waals surface area contributed by atoms with Gasteiger partial charge in [0.15, 0.2) is 0 Å². The molecular formula is C30H18ClN5O5. The van der Waals surface area contributed by atoms with Crippen molar-refractivity contribution in [2.24, 2.45) is 5.10 Å². The number of hydrogen-bond donors (Lipinski definition) is 2. The van der Waals surface area contributed by atoms with Crippen LogP contribution in [0.3, 0.4) is 0 Å². The van der Waals surface area contributed by atoms with Gasteiger partial charge in [-0.05, 0) is 36.4 Å². The van der Waals surface area contributed by atoms with E-state index in [1.54, 1.807) is 66.7 Å². The summed E-state index contributed by atoms with van der Waals surface area (Å²) in [5.74, 6) is -1.15. The number of nitro benzene ring substituents is 1. The SMILES string of the molecule is N#Cc1cccc2c(-c3ccccc3Cl)c(C(=O)NN=Cc3ccccc3OC(=O)c3ccc([N+](=O)[O-])cc3)[nH]c12. The third-order valence-electron chi connectivity index (χ3n) is 6.13. The third kappa shape index (κ3) is 5.52. The molecule has 1 aromatic heterocycles. The number of hydrogen-bond acceptors (Lipinski definition) is 7. The van der Waals surface area contributed by atoms with E-state index in [0.29, 0.717) is 38.2 Å². The Kier molecular flexibility index (Phi) is 7.54. The van der Waals surface area contributed by atoms with Gasteiger partial charge in [0.25, 0.3) is 11.6 Å². The van der Waals surface area contributed by atoms with Crippen molar-refractivity contribution in [3.05, 3.63) is 129 Å². The number of carbonyl (C=O) groups excluding carboxylic acids is 2. The van der Waals surface area contributed by atoms with Crippen LogP contribution in [0.15, 0.2) is 96.1 Å². The van der Waals surface area contributed by atoms with Crippen molar-refractivity contribution in [3.8, 4) is 22.9 Å². The van der Waals surface area contributed by atoms with Crippen molar-refractivity contribution in [1.29, 1.82) is 5.26 Å². The quantitative estimate of drug-likeness (QED) is 0.0785. The summed E-state index contributed by atoms with van der Waals surface area (Å²) >= 11 is 6.46. The molecule has 5 aromatic rings. The Labute approximate surface area is 237 Å². The number of non-ortho nitro benzene ring substituents is 1. The number of amides is 1. The van der Waals surface area contributed by atoms with E-state index in [9.17, 15) is 25.0 Å². The lowest BCUT2D eigenvalue weighted by Crippen LogP contribution is -2.19. The van der Waals surface area contributed by atoms with Crippen LogP contribution < -0.4 is 10.2 Å². The monoisotopic (exact) mass is 563 g/mol. The second-order valence-corrected chi connectivity index (χ2v) is 9.03. The summed E-state index contributed by atoms with van der Waals surface area (Å²) in [6.07, 6.45) is 1.31. The molecule has 5 rings (SSSR count). The minimum absolute atomic E-state index is 0.123. The molecule has 0 unspecified atom stereocenters. The fourth-order valence-electron chi connectivity index (χ4n) is 4.20. The summed E-state index contributed by atoms with van der Waals surface area (Å²) in [5, 5.41) is 25.6. The number of halogens is 1. The first-order valence-corrected chi connectivity index (χ1v) is 12.4. The van der Waals surface area contributed by atoms with Gasteiger partial charge >= 0.3 is 5.97 Å². The lowest BCUT2D eigenvalue weighted by Gasteiger charge is -2.08. The average Bonchev–Trinajstić information content (AvgIpc) is 3.38. The molecule has 200 valence electrons. The van der Waals surface area contributed by atoms with E-state index in [0.717, 1.165) is 0 Å². The molecule has 1 amide bonds. The number of nitro groups is 1. The number of nitrogens with zero attached hydrogens (tertiary/aromatic N) is 3. The summed E-state index contributed by atoms with van der Waals surface area (Å²) in [6, 6.07) is 25.9. The Morgan fingerprint density at radius 3 is 2.46 bits per heavy atom. The Morgan fingerprint density at radius 2 is 1.73 bits per heavy atom. The van der Waals surface area contributed by atoms with E-state index >= 15 is 0 Å². The lowest BCUT2D eigenvalue weighted by atomic mass is 10.0. The number of carbonyl (C=O) groups is 2. The molecular weight excluding hydrogens is 546 g/mol. The summed E-state index contributed by atoms with van der Waals surface area (Å²) in [7, 11) is 0. The number of nitrogens with one attached hydrogen (secondary N) is 2. The fourth-order valence-corrected chi connectivity index (χ4v) is 4.43. The van der Waals surface area contributed by atoms with Gasteiger partial charge in [-0.15, -0.1) is 0 Å². The number of esters is 1. The highest BCUT2D eigenvalue weighted by atomic mass is 35.5. The lowest BCUT2D eigenvalue weighted by molar-refractivity contribution is -0.384. The van der Waals surface area contributed by atoms with E-state index in [2.05, 4.69) is 21.6 Å². The van der Waals surface area contributed by atoms with Crippen LogP contribution in [-0.2, 0) is 0 Å². The number of H-pyrrole nitrogens is 1. The molecule has 0 spiro atoms. The van der Waals surface area contributed by atoms with Gasteiger partial charge in [0, 0.05) is 39.2 Å². The molecule has 0 aliphatic heterocycles. The molecule has 11 heteroatoms. The first-order valence-electron chi connectivity index (χ1n) is 12.1. The first-order chi connectivity index (χ1) is 19.9. The molecule has 4 aromatic carbocycles. The van der Waals surface area contributed by atoms with Gasteiger partial charge in [0.05, 0.1) is 27.8 Å². The van der Waals surface area contributed by atoms with E-state index in [4.69, 9.17) is 16.3 Å². The zero-order valence-corrected chi connectivity index (χ0v) is 21.8. The number of benzene rings is 4. The van der Waals surface area contributed by atoms with Crippen molar-refractivity contribution in [2.45, 2.75) is 0 Å². The number of rotatable bonds is 7. The second kappa shape index (κ2) is 11.5. The molecule has 0 fully saturated rings. The molecule has 0 bridgehead atoms. The topological polar surface area (TPSA) is 150 Å². The predicted molar refractivity (Wildman–Crippen MR) is 153 cm³/mol. The highest BCUT2D eigenvalue weighted by molar-refractivity contribution is 6.34. The molecule has 1 heterocycles. The Hall–Kier alpha value is -5.79. The van der Waals surface area contributed by atoms with Gasteiger partial charge < -0.3 is 9.72 Å². The Balaban J connectivity index is 1.40. The van der Waals surface area contributed by atoms with Gasteiger partial charge in [-0.3, -0.25) is 14.9 Å². The Morgan fingerprint density at radius 1 is 1.00 bits per heavy atom. The van der Waals surface area contributed by atoms with Gasteiger partial charge in [-0.25, -0.2) is 10.2 Å². The van der Waals surface area contributed by atoms with Crippen LogP contribution >= 0.6 is 11.6 Å². The predicted octanol–water partition coefficient (Wildman–Crippen LogP) is 6.25. The van der Waals surface area contributed by atoms with E-state index < -0.39 is 16.8 Å². The average molecular weight is 564 g/mol. The highest BCUT2D eigenvalue weighted by Crippen LogP contribution is 2.37. The van der Waals surface area contributed by atoms with E-state index in [-0.39, 0.29) is 22.7 Å². The van der Waals surface area contributed by atoms with Gasteiger partial charge in [-0.2, -0.15) is 10.4 Å². The number of aromatic nitrogens is 1. The van der Waals surface area contributed by atoms with Crippen LogP contribution in [0.2, 0.25) is 5.02 Å². The van der Waals surface area contributed by atoms with E-state index in [1.807, 2.05) is 0 Å². The van der Waals surface area contributed by atoms with Crippen LogP contribution in [0.4, 0.5) is 5.69 Å². The standard InChI is InChI=1S/C30H18ClN5O5/c31-24-10-3-2-8-22(24)26-23-9-5-7-19(16-32)27(23)34-28(26)29(37)35-33-17-20-6-1-4-11-25(20)41-30(38)18-12-14-21(15-13-18)36(39)40/h1-15,17,34H,(H,35,37). The van der Waals surface area contributed by atoms with Gasteiger partial charge in [0.2, 0.25) is 0 Å². The van der Waals surface area contributed by atoms with Crippen LogP contribution in [0.5, 0.6) is 5.75 Å². The summed E-state index contributed by atoms with van der Waals surface area (Å²) in [5.41, 5.74) is 4.97. The number of aromatic amines is 1. The zero-order valence-electron chi connectivity index (χ0n) is 21.0. The van der Waals surface area contributed by atoms with Crippen LogP contribution in [0, 0.1) is 21.4 Å². The molecule has 0 saturated carbocycles. The second-order valence-electron chi connectivity index (χ2n) is 8.63. The minimum Gasteiger partial charge on any atom is -0.422 e. The zero-order chi connectivity index (χ0) is 28.9. The smallest absolute Gasteiger partial charge is 0.343 e. The van der Waals surface area contributed by atoms with Crippen LogP contribution in [-0.4, -0.2) is 28.0 Å². The molecule has 0 saturated heterocycles. The van der Waals surface area contributed by atoms with Gasteiger partial charge in [-0.1, -0.05) is 54.1 Å². The normalized spacial score (nSPS) is 10.8. The molecule has 2 N–H and O–H groups in total. The largest absolute Gasteiger partial charge is 0.422 e. The first kappa shape index (κ1) is 26.8. The number of ether oxygens (including phenoxy) is 1. The number of para-hydroxylation sites is 2. The van der Waals surface area contributed by atoms with Crippen LogP contribution in [0.1, 0.15) is 32.0 Å². The maximum Gasteiger partial charge on any atom is 0.343 e. The van der Waals surface area contributed by atoms with Crippen molar-refractivity contribution >= 4 is 46.3 Å². The Bertz CT molecular complexity index is 1890. The minimum atomic E-state index is -0.722. The molecule has 0 radical (unpaired) electrons.